The summed E-state index contributed by atoms with van der Waals surface area (Å²) in [7, 11) is 0. The third kappa shape index (κ3) is 4.33. The Morgan fingerprint density at radius 3 is 2.53 bits per heavy atom. The Hall–Kier alpha value is -1.12. The summed E-state index contributed by atoms with van der Waals surface area (Å²) in [6, 6.07) is 2.09. The normalized spacial score (nSPS) is 12.5. The molecule has 0 saturated heterocycles. The molecular weight excluding hydrogens is 210 g/mol. The number of rotatable bonds is 7. The van der Waals surface area contributed by atoms with Crippen molar-refractivity contribution in [2.45, 2.75) is 59.3 Å². The Balaban J connectivity index is 2.91. The average Bonchev–Trinajstić information content (AvgIpc) is 2.35. The molecule has 96 valence electrons. The minimum absolute atomic E-state index is 0.439. The zero-order chi connectivity index (χ0) is 12.7. The van der Waals surface area contributed by atoms with Crippen LogP contribution in [0.4, 0.5) is 5.82 Å². The Kier molecular flexibility index (Phi) is 5.95. The van der Waals surface area contributed by atoms with Crippen molar-refractivity contribution < 1.29 is 0 Å². The Bertz CT molecular complexity index is 336. The molecule has 17 heavy (non-hydrogen) atoms. The van der Waals surface area contributed by atoms with Crippen LogP contribution in [0.25, 0.3) is 0 Å². The number of hydrogen-bond donors (Lipinski definition) is 1. The lowest BCUT2D eigenvalue weighted by Crippen LogP contribution is -2.09. The smallest absolute Gasteiger partial charge is 0.133 e. The summed E-state index contributed by atoms with van der Waals surface area (Å²) in [6.45, 7) is 9.69. The van der Waals surface area contributed by atoms with Crippen molar-refractivity contribution >= 4 is 5.82 Å². The largest absolute Gasteiger partial charge is 0.370 e. The molecule has 1 heterocycles. The molecule has 1 atom stereocenters. The summed E-state index contributed by atoms with van der Waals surface area (Å²) < 4.78 is 0. The molecule has 0 aliphatic rings. The van der Waals surface area contributed by atoms with E-state index in [-0.39, 0.29) is 0 Å². The van der Waals surface area contributed by atoms with Gasteiger partial charge in [-0.3, -0.25) is 0 Å². The second-order valence-corrected chi connectivity index (χ2v) is 4.59. The quantitative estimate of drug-likeness (QED) is 0.782. The van der Waals surface area contributed by atoms with Gasteiger partial charge in [0.15, 0.2) is 0 Å². The van der Waals surface area contributed by atoms with Crippen LogP contribution in [-0.4, -0.2) is 16.5 Å². The van der Waals surface area contributed by atoms with Gasteiger partial charge in [-0.15, -0.1) is 0 Å². The highest BCUT2D eigenvalue weighted by Crippen LogP contribution is 2.18. The molecule has 0 fully saturated rings. The second-order valence-electron chi connectivity index (χ2n) is 4.59. The highest BCUT2D eigenvalue weighted by Gasteiger charge is 2.09. The summed E-state index contributed by atoms with van der Waals surface area (Å²) in [5, 5.41) is 3.36. The van der Waals surface area contributed by atoms with Crippen molar-refractivity contribution in [2.24, 2.45) is 0 Å². The summed E-state index contributed by atoms with van der Waals surface area (Å²) in [6.07, 6.45) is 4.37. The minimum atomic E-state index is 0.439. The predicted molar refractivity (Wildman–Crippen MR) is 73.5 cm³/mol. The lowest BCUT2D eigenvalue weighted by Gasteiger charge is -2.12. The van der Waals surface area contributed by atoms with E-state index in [1.165, 1.54) is 0 Å². The van der Waals surface area contributed by atoms with Gasteiger partial charge in [0.25, 0.3) is 0 Å². The molecule has 0 saturated carbocycles. The minimum Gasteiger partial charge on any atom is -0.370 e. The van der Waals surface area contributed by atoms with Gasteiger partial charge in [-0.2, -0.15) is 0 Å². The van der Waals surface area contributed by atoms with Crippen LogP contribution in [0.2, 0.25) is 0 Å². The van der Waals surface area contributed by atoms with E-state index in [1.807, 2.05) is 0 Å². The molecule has 1 N–H and O–H groups in total. The molecular formula is C14H25N3. The lowest BCUT2D eigenvalue weighted by atomic mass is 10.1. The van der Waals surface area contributed by atoms with Crippen LogP contribution < -0.4 is 5.32 Å². The van der Waals surface area contributed by atoms with E-state index in [0.29, 0.717) is 5.92 Å². The van der Waals surface area contributed by atoms with Crippen molar-refractivity contribution in [3.05, 3.63) is 17.6 Å². The van der Waals surface area contributed by atoms with Crippen molar-refractivity contribution in [1.82, 2.24) is 9.97 Å². The first kappa shape index (κ1) is 13.9. The van der Waals surface area contributed by atoms with Crippen LogP contribution in [0, 0.1) is 0 Å². The topological polar surface area (TPSA) is 37.8 Å². The fraction of sp³-hybridized carbons (Fsp3) is 0.714. The SMILES string of the molecule is CCCNc1cc(CCC)nc(C(C)CC)n1. The zero-order valence-electron chi connectivity index (χ0n) is 11.6. The van der Waals surface area contributed by atoms with Gasteiger partial charge in [-0.25, -0.2) is 9.97 Å². The molecule has 0 radical (unpaired) electrons. The van der Waals surface area contributed by atoms with Gasteiger partial charge in [0.05, 0.1) is 0 Å². The Morgan fingerprint density at radius 1 is 1.18 bits per heavy atom. The molecule has 1 rings (SSSR count). The van der Waals surface area contributed by atoms with Gasteiger partial charge in [-0.1, -0.05) is 34.1 Å². The highest BCUT2D eigenvalue weighted by atomic mass is 15.0. The van der Waals surface area contributed by atoms with Crippen molar-refractivity contribution in [3.8, 4) is 0 Å². The number of hydrogen-bond acceptors (Lipinski definition) is 3. The van der Waals surface area contributed by atoms with Crippen molar-refractivity contribution in [1.29, 1.82) is 0 Å². The van der Waals surface area contributed by atoms with Gasteiger partial charge in [-0.05, 0) is 19.3 Å². The van der Waals surface area contributed by atoms with Crippen LogP contribution in [0.3, 0.4) is 0 Å². The van der Waals surface area contributed by atoms with Gasteiger partial charge in [0, 0.05) is 24.2 Å². The number of nitrogens with zero attached hydrogens (tertiary/aromatic N) is 2. The summed E-state index contributed by atoms with van der Waals surface area (Å²) in [5.74, 6) is 2.41. The molecule has 3 nitrogen and oxygen atoms in total. The van der Waals surface area contributed by atoms with E-state index in [0.717, 1.165) is 49.6 Å². The molecule has 0 amide bonds. The van der Waals surface area contributed by atoms with E-state index >= 15 is 0 Å². The number of aryl methyl sites for hydroxylation is 1. The third-order valence-corrected chi connectivity index (χ3v) is 2.91. The Labute approximate surface area is 105 Å². The number of anilines is 1. The van der Waals surface area contributed by atoms with Gasteiger partial charge in [0.1, 0.15) is 11.6 Å². The molecule has 0 bridgehead atoms. The van der Waals surface area contributed by atoms with Gasteiger partial charge >= 0.3 is 0 Å². The zero-order valence-corrected chi connectivity index (χ0v) is 11.6. The van der Waals surface area contributed by atoms with Crippen LogP contribution >= 0.6 is 0 Å². The first-order chi connectivity index (χ1) is 8.21. The maximum Gasteiger partial charge on any atom is 0.133 e. The first-order valence-corrected chi connectivity index (χ1v) is 6.82. The fourth-order valence-electron chi connectivity index (χ4n) is 1.65. The van der Waals surface area contributed by atoms with Gasteiger partial charge < -0.3 is 5.32 Å². The van der Waals surface area contributed by atoms with E-state index < -0.39 is 0 Å². The monoisotopic (exact) mass is 235 g/mol. The maximum absolute atomic E-state index is 4.65. The molecule has 0 aliphatic heterocycles. The van der Waals surface area contributed by atoms with Crippen LogP contribution in [0.15, 0.2) is 6.07 Å². The number of aromatic nitrogens is 2. The molecule has 0 aliphatic carbocycles. The fourth-order valence-corrected chi connectivity index (χ4v) is 1.65. The maximum atomic E-state index is 4.65. The van der Waals surface area contributed by atoms with E-state index in [4.69, 9.17) is 0 Å². The van der Waals surface area contributed by atoms with Crippen molar-refractivity contribution in [2.75, 3.05) is 11.9 Å². The summed E-state index contributed by atoms with van der Waals surface area (Å²) in [5.41, 5.74) is 1.16. The van der Waals surface area contributed by atoms with E-state index in [1.54, 1.807) is 0 Å². The van der Waals surface area contributed by atoms with Crippen LogP contribution in [-0.2, 0) is 6.42 Å². The second kappa shape index (κ2) is 7.25. The summed E-state index contributed by atoms with van der Waals surface area (Å²) >= 11 is 0. The predicted octanol–water partition coefficient (Wildman–Crippen LogP) is 3.76. The first-order valence-electron chi connectivity index (χ1n) is 6.82. The molecule has 1 aromatic rings. The molecule has 1 unspecified atom stereocenters. The molecule has 0 aromatic carbocycles. The van der Waals surface area contributed by atoms with Crippen molar-refractivity contribution in [3.63, 3.8) is 0 Å². The van der Waals surface area contributed by atoms with Gasteiger partial charge in [0.2, 0.25) is 0 Å². The lowest BCUT2D eigenvalue weighted by molar-refractivity contribution is 0.668. The molecule has 3 heteroatoms. The molecule has 1 aromatic heterocycles. The third-order valence-electron chi connectivity index (χ3n) is 2.91. The van der Waals surface area contributed by atoms with Crippen LogP contribution in [0.5, 0.6) is 0 Å². The van der Waals surface area contributed by atoms with E-state index in [2.05, 4.69) is 49.0 Å². The average molecular weight is 235 g/mol. The van der Waals surface area contributed by atoms with E-state index in [9.17, 15) is 0 Å². The Morgan fingerprint density at radius 2 is 1.94 bits per heavy atom. The number of nitrogens with one attached hydrogen (secondary N) is 1. The summed E-state index contributed by atoms with van der Waals surface area (Å²) in [4.78, 5) is 9.25. The standard InChI is InChI=1S/C14H25N3/c1-5-8-12-10-13(15-9-6-2)17-14(16-12)11(4)7-3/h10-11H,5-9H2,1-4H3,(H,15,16,17). The highest BCUT2D eigenvalue weighted by molar-refractivity contribution is 5.36. The molecule has 0 spiro atoms. The van der Waals surface area contributed by atoms with Crippen LogP contribution in [0.1, 0.15) is 64.4 Å².